The molecule has 0 radical (unpaired) electrons. The van der Waals surface area contributed by atoms with E-state index < -0.39 is 5.09 Å². The predicted molar refractivity (Wildman–Crippen MR) is 46.2 cm³/mol. The fourth-order valence-corrected chi connectivity index (χ4v) is 1.18. The Morgan fingerprint density at radius 1 is 1.50 bits per heavy atom. The number of rotatable bonds is 6. The lowest BCUT2D eigenvalue weighted by molar-refractivity contribution is -0.769. The summed E-state index contributed by atoms with van der Waals surface area (Å²) in [6.07, 6.45) is 2.23. The van der Waals surface area contributed by atoms with Gasteiger partial charge in [-0.3, -0.25) is 0 Å². The molecule has 0 amide bonds. The first kappa shape index (κ1) is 11.2. The lowest BCUT2D eigenvalue weighted by atomic mass is 10.0. The van der Waals surface area contributed by atoms with Gasteiger partial charge in [0.25, 0.3) is 5.09 Å². The minimum absolute atomic E-state index is 0.218. The second kappa shape index (κ2) is 5.80. The fourth-order valence-electron chi connectivity index (χ4n) is 1.18. The minimum atomic E-state index is -0.692. The van der Waals surface area contributed by atoms with Crippen LogP contribution >= 0.6 is 0 Å². The van der Waals surface area contributed by atoms with E-state index in [1.54, 1.807) is 0 Å². The molecule has 0 saturated heterocycles. The zero-order valence-electron chi connectivity index (χ0n) is 7.95. The van der Waals surface area contributed by atoms with Gasteiger partial charge >= 0.3 is 0 Å². The van der Waals surface area contributed by atoms with Gasteiger partial charge in [0.1, 0.15) is 6.10 Å². The van der Waals surface area contributed by atoms with E-state index in [-0.39, 0.29) is 6.10 Å². The van der Waals surface area contributed by atoms with Crippen molar-refractivity contribution < 1.29 is 9.92 Å². The lowest BCUT2D eigenvalue weighted by Crippen LogP contribution is -2.18. The third kappa shape index (κ3) is 5.95. The van der Waals surface area contributed by atoms with Crippen LogP contribution in [0.25, 0.3) is 0 Å². The molecule has 4 nitrogen and oxygen atoms in total. The van der Waals surface area contributed by atoms with Crippen molar-refractivity contribution >= 4 is 0 Å². The highest BCUT2D eigenvalue weighted by atomic mass is 17.0. The highest BCUT2D eigenvalue weighted by molar-refractivity contribution is 4.57. The summed E-state index contributed by atoms with van der Waals surface area (Å²) >= 11 is 0. The van der Waals surface area contributed by atoms with Crippen LogP contribution in [0.3, 0.4) is 0 Å². The number of hydrogen-bond acceptors (Lipinski definition) is 3. The van der Waals surface area contributed by atoms with Crippen molar-refractivity contribution in [3.05, 3.63) is 10.1 Å². The summed E-state index contributed by atoms with van der Waals surface area (Å²) in [5, 5.41) is 9.36. The normalized spacial score (nSPS) is 13.0. The van der Waals surface area contributed by atoms with Crippen molar-refractivity contribution in [2.75, 3.05) is 0 Å². The molecule has 1 unspecified atom stereocenters. The van der Waals surface area contributed by atoms with Crippen LogP contribution in [0.4, 0.5) is 0 Å². The molecule has 0 N–H and O–H groups in total. The van der Waals surface area contributed by atoms with Gasteiger partial charge < -0.3 is 4.84 Å². The summed E-state index contributed by atoms with van der Waals surface area (Å²) in [5.74, 6) is 0.446. The van der Waals surface area contributed by atoms with Gasteiger partial charge in [-0.25, -0.2) is 0 Å². The largest absolute Gasteiger partial charge is 0.311 e. The molecule has 0 heterocycles. The van der Waals surface area contributed by atoms with Crippen LogP contribution in [0.1, 0.15) is 40.0 Å². The van der Waals surface area contributed by atoms with Crippen LogP contribution in [0, 0.1) is 16.0 Å². The Balaban J connectivity index is 3.77. The smallest absolute Gasteiger partial charge is 0.294 e. The topological polar surface area (TPSA) is 52.4 Å². The first-order valence-corrected chi connectivity index (χ1v) is 4.37. The van der Waals surface area contributed by atoms with Crippen LogP contribution in [-0.2, 0) is 4.84 Å². The van der Waals surface area contributed by atoms with Gasteiger partial charge in [-0.2, -0.15) is 0 Å². The molecule has 0 aromatic heterocycles. The van der Waals surface area contributed by atoms with Gasteiger partial charge in [-0.1, -0.05) is 27.2 Å². The van der Waals surface area contributed by atoms with Gasteiger partial charge in [0.05, 0.1) is 0 Å². The van der Waals surface area contributed by atoms with Gasteiger partial charge in [0, 0.05) is 0 Å². The minimum Gasteiger partial charge on any atom is -0.311 e. The molecule has 0 aromatic carbocycles. The molecule has 0 saturated carbocycles. The predicted octanol–water partition coefficient (Wildman–Crippen LogP) is 2.41. The molecule has 0 aliphatic rings. The van der Waals surface area contributed by atoms with E-state index in [0.29, 0.717) is 5.92 Å². The summed E-state index contributed by atoms with van der Waals surface area (Å²) in [7, 11) is 0. The van der Waals surface area contributed by atoms with E-state index in [1.807, 2.05) is 20.8 Å². The Labute approximate surface area is 73.0 Å². The molecular weight excluding hydrogens is 158 g/mol. The molecule has 0 spiro atoms. The third-order valence-corrected chi connectivity index (χ3v) is 1.58. The van der Waals surface area contributed by atoms with Crippen molar-refractivity contribution in [3.63, 3.8) is 0 Å². The van der Waals surface area contributed by atoms with Crippen molar-refractivity contribution in [1.82, 2.24) is 0 Å². The molecule has 0 aromatic rings. The second-order valence-electron chi connectivity index (χ2n) is 3.37. The van der Waals surface area contributed by atoms with Crippen molar-refractivity contribution in [2.24, 2.45) is 5.92 Å². The van der Waals surface area contributed by atoms with Crippen LogP contribution in [0.5, 0.6) is 0 Å². The van der Waals surface area contributed by atoms with Crippen LogP contribution in [0.15, 0.2) is 0 Å². The monoisotopic (exact) mass is 175 g/mol. The average molecular weight is 175 g/mol. The molecule has 4 heteroatoms. The summed E-state index contributed by atoms with van der Waals surface area (Å²) < 4.78 is 0. The van der Waals surface area contributed by atoms with E-state index in [9.17, 15) is 10.1 Å². The quantitative estimate of drug-likeness (QED) is 0.460. The van der Waals surface area contributed by atoms with Gasteiger partial charge in [-0.15, -0.1) is 10.1 Å². The zero-order chi connectivity index (χ0) is 9.56. The molecule has 0 fully saturated rings. The van der Waals surface area contributed by atoms with E-state index in [2.05, 4.69) is 4.84 Å². The van der Waals surface area contributed by atoms with E-state index in [0.717, 1.165) is 19.3 Å². The van der Waals surface area contributed by atoms with Gasteiger partial charge in [0.2, 0.25) is 0 Å². The Hall–Kier alpha value is -0.800. The molecule has 0 aliphatic heterocycles. The second-order valence-corrected chi connectivity index (χ2v) is 3.37. The maximum atomic E-state index is 10.0. The Kier molecular flexibility index (Phi) is 5.41. The highest BCUT2D eigenvalue weighted by Crippen LogP contribution is 2.13. The lowest BCUT2D eigenvalue weighted by Gasteiger charge is -2.15. The Morgan fingerprint density at radius 3 is 2.42 bits per heavy atom. The van der Waals surface area contributed by atoms with Gasteiger partial charge in [-0.05, 0) is 18.8 Å². The Morgan fingerprint density at radius 2 is 2.08 bits per heavy atom. The van der Waals surface area contributed by atoms with E-state index >= 15 is 0 Å². The summed E-state index contributed by atoms with van der Waals surface area (Å²) in [6.45, 7) is 6.06. The summed E-state index contributed by atoms with van der Waals surface area (Å²) in [6, 6.07) is 0. The van der Waals surface area contributed by atoms with Crippen molar-refractivity contribution in [1.29, 1.82) is 0 Å². The van der Waals surface area contributed by atoms with Crippen LogP contribution < -0.4 is 0 Å². The Bertz CT molecular complexity index is 136. The molecule has 72 valence electrons. The molecule has 1 atom stereocenters. The zero-order valence-corrected chi connectivity index (χ0v) is 7.95. The standard InChI is InChI=1S/C8H17NO3/c1-4-5-8(6-7(2)3)12-9(10)11/h7-8H,4-6H2,1-3H3. The molecule has 0 bridgehead atoms. The molecule has 12 heavy (non-hydrogen) atoms. The van der Waals surface area contributed by atoms with Crippen LogP contribution in [0.2, 0.25) is 0 Å². The fraction of sp³-hybridized carbons (Fsp3) is 1.00. The van der Waals surface area contributed by atoms with Crippen molar-refractivity contribution in [3.8, 4) is 0 Å². The first-order valence-electron chi connectivity index (χ1n) is 4.37. The maximum Gasteiger partial charge on any atom is 0.294 e. The summed E-state index contributed by atoms with van der Waals surface area (Å²) in [5.41, 5.74) is 0. The maximum absolute atomic E-state index is 10.0. The molecular formula is C8H17NO3. The first-order chi connectivity index (χ1) is 5.56. The number of nitrogens with zero attached hydrogens (tertiary/aromatic N) is 1. The highest BCUT2D eigenvalue weighted by Gasteiger charge is 2.13. The van der Waals surface area contributed by atoms with Crippen molar-refractivity contribution in [2.45, 2.75) is 46.1 Å². The van der Waals surface area contributed by atoms with E-state index in [1.165, 1.54) is 0 Å². The third-order valence-electron chi connectivity index (χ3n) is 1.58. The average Bonchev–Trinajstić information content (AvgIpc) is 1.84. The summed E-state index contributed by atoms with van der Waals surface area (Å²) in [4.78, 5) is 14.6. The van der Waals surface area contributed by atoms with E-state index in [4.69, 9.17) is 0 Å². The van der Waals surface area contributed by atoms with Crippen LogP contribution in [-0.4, -0.2) is 11.2 Å². The SMILES string of the molecule is CCCC(CC(C)C)O[N+](=O)[O-]. The molecule has 0 rings (SSSR count). The number of hydrogen-bond donors (Lipinski definition) is 0. The molecule has 0 aliphatic carbocycles. The van der Waals surface area contributed by atoms with Gasteiger partial charge in [0.15, 0.2) is 0 Å².